The molecule has 186 valence electrons. The van der Waals surface area contributed by atoms with Crippen molar-refractivity contribution < 1.29 is 39.0 Å². The molecule has 1 heterocycles. The van der Waals surface area contributed by atoms with Gasteiger partial charge in [-0.15, -0.1) is 0 Å². The second-order valence-corrected chi connectivity index (χ2v) is 8.28. The number of nitrogens with two attached hydrogens (primary N) is 1. The quantitative estimate of drug-likeness (QED) is 0.150. The predicted molar refractivity (Wildman–Crippen MR) is 115 cm³/mol. The number of carbonyl (C=O) groups excluding carboxylic acids is 4. The van der Waals surface area contributed by atoms with Gasteiger partial charge in [0.2, 0.25) is 23.6 Å². The van der Waals surface area contributed by atoms with Crippen molar-refractivity contribution in [2.75, 3.05) is 6.54 Å². The summed E-state index contributed by atoms with van der Waals surface area (Å²) in [6.45, 7) is 3.81. The Hall–Kier alpha value is -3.22. The number of hydrogen-bond acceptors (Lipinski definition) is 7. The Morgan fingerprint density at radius 2 is 1.52 bits per heavy atom. The maximum atomic E-state index is 12.9. The van der Waals surface area contributed by atoms with Gasteiger partial charge in [-0.3, -0.25) is 24.0 Å². The van der Waals surface area contributed by atoms with Gasteiger partial charge in [0.1, 0.15) is 18.1 Å². The Labute approximate surface area is 191 Å². The summed E-state index contributed by atoms with van der Waals surface area (Å²) < 4.78 is 0. The molecular formula is C20H33N5O8. The number of hydrogen-bond donors (Lipinski definition) is 7. The molecule has 0 aromatic carbocycles. The van der Waals surface area contributed by atoms with Gasteiger partial charge in [0.15, 0.2) is 0 Å². The van der Waals surface area contributed by atoms with Crippen LogP contribution >= 0.6 is 0 Å². The highest BCUT2D eigenvalue weighted by Gasteiger charge is 2.32. The van der Waals surface area contributed by atoms with Crippen LogP contribution in [0, 0.1) is 5.92 Å². The predicted octanol–water partition coefficient (Wildman–Crippen LogP) is -1.94. The highest BCUT2D eigenvalue weighted by atomic mass is 16.4. The van der Waals surface area contributed by atoms with Crippen LogP contribution in [0.4, 0.5) is 0 Å². The molecule has 0 aromatic rings. The monoisotopic (exact) mass is 471 g/mol. The number of carboxylic acids is 2. The number of rotatable bonds is 14. The molecule has 1 fully saturated rings. The molecule has 0 bridgehead atoms. The Kier molecular flexibility index (Phi) is 11.3. The van der Waals surface area contributed by atoms with Gasteiger partial charge in [-0.05, 0) is 38.1 Å². The molecule has 0 unspecified atom stereocenters. The van der Waals surface area contributed by atoms with Crippen molar-refractivity contribution in [3.63, 3.8) is 0 Å². The molecule has 1 saturated heterocycles. The van der Waals surface area contributed by atoms with Gasteiger partial charge in [0.05, 0.1) is 6.04 Å². The number of primary amides is 1. The molecule has 8 N–H and O–H groups in total. The van der Waals surface area contributed by atoms with E-state index in [-0.39, 0.29) is 19.3 Å². The first-order valence-corrected chi connectivity index (χ1v) is 10.8. The Balaban J connectivity index is 2.97. The van der Waals surface area contributed by atoms with E-state index in [4.69, 9.17) is 10.8 Å². The summed E-state index contributed by atoms with van der Waals surface area (Å²) in [4.78, 5) is 71.6. The summed E-state index contributed by atoms with van der Waals surface area (Å²) in [5.74, 6) is -5.79. The molecule has 33 heavy (non-hydrogen) atoms. The fourth-order valence-electron chi connectivity index (χ4n) is 3.31. The third-order valence-corrected chi connectivity index (χ3v) is 5.20. The van der Waals surface area contributed by atoms with Crippen molar-refractivity contribution in [3.05, 3.63) is 0 Å². The van der Waals surface area contributed by atoms with Gasteiger partial charge in [-0.1, -0.05) is 13.8 Å². The standard InChI is InChI=1S/C20H33N5O8/c1-10(2)16(20(32)33)25-19(31)13(6-8-15(27)28)24-18(30)12(5-7-14(21)26)23-17(29)11-4-3-9-22-11/h10-13,16,22H,3-9H2,1-2H3,(H2,21,26)(H,23,29)(H,24,30)(H,25,31)(H,27,28)(H,32,33)/t11-,12-,13-,16-/m0/s1. The van der Waals surface area contributed by atoms with Gasteiger partial charge in [0.25, 0.3) is 0 Å². The van der Waals surface area contributed by atoms with Crippen LogP contribution in [-0.2, 0) is 28.8 Å². The minimum atomic E-state index is -1.37. The molecule has 0 saturated carbocycles. The average molecular weight is 472 g/mol. The van der Waals surface area contributed by atoms with Crippen molar-refractivity contribution >= 4 is 35.6 Å². The molecule has 1 rings (SSSR count). The molecule has 13 nitrogen and oxygen atoms in total. The van der Waals surface area contributed by atoms with Gasteiger partial charge < -0.3 is 37.2 Å². The molecule has 0 spiro atoms. The lowest BCUT2D eigenvalue weighted by Gasteiger charge is -2.25. The second kappa shape index (κ2) is 13.4. The van der Waals surface area contributed by atoms with E-state index in [1.54, 1.807) is 13.8 Å². The topological polar surface area (TPSA) is 217 Å². The fraction of sp³-hybridized carbons (Fsp3) is 0.700. The average Bonchev–Trinajstić information content (AvgIpc) is 3.26. The first-order valence-electron chi connectivity index (χ1n) is 10.8. The van der Waals surface area contributed by atoms with Gasteiger partial charge in [-0.25, -0.2) is 4.79 Å². The second-order valence-electron chi connectivity index (χ2n) is 8.28. The number of amides is 4. The van der Waals surface area contributed by atoms with Crippen molar-refractivity contribution in [1.29, 1.82) is 0 Å². The summed E-state index contributed by atoms with van der Waals surface area (Å²) in [6.07, 6.45) is 0.243. The van der Waals surface area contributed by atoms with Gasteiger partial charge in [0, 0.05) is 12.8 Å². The number of carboxylic acid groups (broad SMARTS) is 2. The van der Waals surface area contributed by atoms with Crippen molar-refractivity contribution in [3.8, 4) is 0 Å². The third kappa shape index (κ3) is 9.85. The molecule has 0 aliphatic carbocycles. The molecule has 4 atom stereocenters. The summed E-state index contributed by atoms with van der Waals surface area (Å²) >= 11 is 0. The lowest BCUT2D eigenvalue weighted by atomic mass is 10.0. The van der Waals surface area contributed by atoms with Crippen LogP contribution in [0.3, 0.4) is 0 Å². The zero-order valence-corrected chi connectivity index (χ0v) is 18.8. The third-order valence-electron chi connectivity index (χ3n) is 5.20. The maximum absolute atomic E-state index is 12.9. The molecule has 0 aromatic heterocycles. The van der Waals surface area contributed by atoms with Crippen LogP contribution in [0.1, 0.15) is 52.4 Å². The summed E-state index contributed by atoms with van der Waals surface area (Å²) in [7, 11) is 0. The lowest BCUT2D eigenvalue weighted by molar-refractivity contribution is -0.144. The normalized spacial score (nSPS) is 18.1. The molecule has 1 aliphatic rings. The van der Waals surface area contributed by atoms with Gasteiger partial charge >= 0.3 is 11.9 Å². The van der Waals surface area contributed by atoms with E-state index in [1.807, 2.05) is 0 Å². The number of aliphatic carboxylic acids is 2. The van der Waals surface area contributed by atoms with E-state index < -0.39 is 72.1 Å². The van der Waals surface area contributed by atoms with Crippen molar-refractivity contribution in [1.82, 2.24) is 21.3 Å². The highest BCUT2D eigenvalue weighted by molar-refractivity contribution is 5.94. The molecular weight excluding hydrogens is 438 g/mol. The minimum Gasteiger partial charge on any atom is -0.481 e. The number of carbonyl (C=O) groups is 6. The van der Waals surface area contributed by atoms with Crippen LogP contribution in [0.25, 0.3) is 0 Å². The van der Waals surface area contributed by atoms with Crippen LogP contribution in [0.15, 0.2) is 0 Å². The van der Waals surface area contributed by atoms with Crippen LogP contribution in [0.2, 0.25) is 0 Å². The first kappa shape index (κ1) is 27.8. The molecule has 0 radical (unpaired) electrons. The zero-order chi connectivity index (χ0) is 25.1. The fourth-order valence-corrected chi connectivity index (χ4v) is 3.31. The van der Waals surface area contributed by atoms with E-state index in [2.05, 4.69) is 21.3 Å². The molecule has 13 heteroatoms. The van der Waals surface area contributed by atoms with E-state index in [0.717, 1.165) is 6.42 Å². The van der Waals surface area contributed by atoms with E-state index in [1.165, 1.54) is 0 Å². The van der Waals surface area contributed by atoms with E-state index in [9.17, 15) is 33.9 Å². The van der Waals surface area contributed by atoms with E-state index >= 15 is 0 Å². The summed E-state index contributed by atoms with van der Waals surface area (Å²) in [5, 5.41) is 28.5. The molecule has 1 aliphatic heterocycles. The highest BCUT2D eigenvalue weighted by Crippen LogP contribution is 2.09. The summed E-state index contributed by atoms with van der Waals surface area (Å²) in [6, 6.07) is -4.32. The zero-order valence-electron chi connectivity index (χ0n) is 18.8. The van der Waals surface area contributed by atoms with Crippen molar-refractivity contribution in [2.45, 2.75) is 76.5 Å². The first-order chi connectivity index (χ1) is 15.4. The lowest BCUT2D eigenvalue weighted by Crippen LogP contribution is -2.57. The Morgan fingerprint density at radius 3 is 2.00 bits per heavy atom. The number of nitrogens with one attached hydrogen (secondary N) is 4. The van der Waals surface area contributed by atoms with E-state index in [0.29, 0.717) is 13.0 Å². The molecule has 4 amide bonds. The Morgan fingerprint density at radius 1 is 0.939 bits per heavy atom. The van der Waals surface area contributed by atoms with Crippen LogP contribution < -0.4 is 27.0 Å². The summed E-state index contributed by atoms with van der Waals surface area (Å²) in [5.41, 5.74) is 5.16. The van der Waals surface area contributed by atoms with Crippen LogP contribution in [-0.4, -0.2) is 76.5 Å². The SMILES string of the molecule is CC(C)[C@H](NC(=O)[C@H](CCC(=O)O)NC(=O)[C@H](CCC(N)=O)NC(=O)[C@@H]1CCCN1)C(=O)O. The smallest absolute Gasteiger partial charge is 0.326 e. The Bertz CT molecular complexity index is 751. The maximum Gasteiger partial charge on any atom is 0.326 e. The van der Waals surface area contributed by atoms with Crippen molar-refractivity contribution in [2.24, 2.45) is 11.7 Å². The van der Waals surface area contributed by atoms with Gasteiger partial charge in [-0.2, -0.15) is 0 Å². The minimum absolute atomic E-state index is 0.128. The van der Waals surface area contributed by atoms with Crippen LogP contribution in [0.5, 0.6) is 0 Å². The largest absolute Gasteiger partial charge is 0.481 e.